The van der Waals surface area contributed by atoms with Crippen molar-refractivity contribution in [3.63, 3.8) is 0 Å². The molecule has 0 aliphatic heterocycles. The Kier molecular flexibility index (Phi) is 4.43. The first-order valence-corrected chi connectivity index (χ1v) is 6.63. The van der Waals surface area contributed by atoms with Crippen molar-refractivity contribution < 1.29 is 14.7 Å². The van der Waals surface area contributed by atoms with Gasteiger partial charge < -0.3 is 21.1 Å². The van der Waals surface area contributed by atoms with Crippen LogP contribution in [0.15, 0.2) is 17.9 Å². The van der Waals surface area contributed by atoms with E-state index in [1.54, 1.807) is 5.38 Å². The molecule has 0 aliphatic rings. The van der Waals surface area contributed by atoms with Gasteiger partial charge in [-0.2, -0.15) is 0 Å². The molecule has 0 aromatic carbocycles. The van der Waals surface area contributed by atoms with E-state index in [2.05, 4.69) is 20.3 Å². The fraction of sp³-hybridized carbons (Fsp3) is 0.273. The number of aromatic nitrogens is 3. The zero-order chi connectivity index (χ0) is 14.5. The summed E-state index contributed by atoms with van der Waals surface area (Å²) < 4.78 is 0. The van der Waals surface area contributed by atoms with Crippen molar-refractivity contribution in [1.82, 2.24) is 20.3 Å². The second-order valence-corrected chi connectivity index (χ2v) is 4.92. The molecule has 2 rings (SSSR count). The number of carboxylic acid groups (broad SMARTS) is 1. The third-order valence-corrected chi connectivity index (χ3v) is 3.41. The van der Waals surface area contributed by atoms with Crippen LogP contribution in [-0.4, -0.2) is 38.0 Å². The number of imidazole rings is 1. The van der Waals surface area contributed by atoms with Gasteiger partial charge in [-0.25, -0.2) is 14.8 Å². The van der Waals surface area contributed by atoms with E-state index in [4.69, 9.17) is 10.8 Å². The van der Waals surface area contributed by atoms with Gasteiger partial charge in [0.05, 0.1) is 6.33 Å². The van der Waals surface area contributed by atoms with Gasteiger partial charge in [-0.1, -0.05) is 0 Å². The summed E-state index contributed by atoms with van der Waals surface area (Å²) in [6, 6.07) is -1.05. The van der Waals surface area contributed by atoms with E-state index in [1.807, 2.05) is 0 Å². The van der Waals surface area contributed by atoms with Crippen LogP contribution in [0.2, 0.25) is 0 Å². The summed E-state index contributed by atoms with van der Waals surface area (Å²) >= 11 is 1.26. The third kappa shape index (κ3) is 3.39. The molecular weight excluding hydrogens is 282 g/mol. The maximum Gasteiger partial charge on any atom is 0.326 e. The zero-order valence-electron chi connectivity index (χ0n) is 10.4. The SMILES string of the molecule is NCc1nc(C(=O)NC(Cc2cnc[nH]2)C(=O)O)cs1. The predicted octanol–water partition coefficient (Wildman–Crippen LogP) is -0.249. The van der Waals surface area contributed by atoms with Gasteiger partial charge in [0, 0.05) is 30.2 Å². The Balaban J connectivity index is 2.04. The number of nitrogens with two attached hydrogens (primary N) is 1. The van der Waals surface area contributed by atoms with Gasteiger partial charge in [0.15, 0.2) is 0 Å². The lowest BCUT2D eigenvalue weighted by Crippen LogP contribution is -2.42. The molecule has 1 amide bonds. The quantitative estimate of drug-likeness (QED) is 0.580. The van der Waals surface area contributed by atoms with E-state index >= 15 is 0 Å². The van der Waals surface area contributed by atoms with Crippen LogP contribution in [0.25, 0.3) is 0 Å². The minimum Gasteiger partial charge on any atom is -0.480 e. The number of nitrogens with one attached hydrogen (secondary N) is 2. The van der Waals surface area contributed by atoms with Gasteiger partial charge in [0.2, 0.25) is 0 Å². The molecule has 0 spiro atoms. The van der Waals surface area contributed by atoms with Gasteiger partial charge in [-0.3, -0.25) is 4.79 Å². The highest BCUT2D eigenvalue weighted by molar-refractivity contribution is 7.09. The van der Waals surface area contributed by atoms with Gasteiger partial charge in [-0.15, -0.1) is 11.3 Å². The standard InChI is InChI=1S/C11H13N5O3S/c12-2-9-15-8(4-20-9)10(17)16-7(11(18)19)1-6-3-13-5-14-6/h3-5,7H,1-2,12H2,(H,13,14)(H,16,17)(H,18,19). The molecule has 5 N–H and O–H groups in total. The Morgan fingerprint density at radius 2 is 2.35 bits per heavy atom. The Labute approximate surface area is 118 Å². The fourth-order valence-corrected chi connectivity index (χ4v) is 2.21. The van der Waals surface area contributed by atoms with E-state index in [-0.39, 0.29) is 18.7 Å². The van der Waals surface area contributed by atoms with Crippen molar-refractivity contribution in [3.8, 4) is 0 Å². The number of aromatic amines is 1. The van der Waals surface area contributed by atoms with E-state index in [9.17, 15) is 9.59 Å². The van der Waals surface area contributed by atoms with Crippen molar-refractivity contribution >= 4 is 23.2 Å². The molecule has 0 radical (unpaired) electrons. The molecule has 1 atom stereocenters. The number of rotatable bonds is 6. The first-order chi connectivity index (χ1) is 9.60. The topological polar surface area (TPSA) is 134 Å². The van der Waals surface area contributed by atoms with Crippen LogP contribution >= 0.6 is 11.3 Å². The predicted molar refractivity (Wildman–Crippen MR) is 71.2 cm³/mol. The number of aliphatic carboxylic acids is 1. The molecule has 2 aromatic rings. The van der Waals surface area contributed by atoms with Crippen LogP contribution in [0.4, 0.5) is 0 Å². The molecule has 0 bridgehead atoms. The van der Waals surface area contributed by atoms with Crippen molar-refractivity contribution in [1.29, 1.82) is 0 Å². The fourth-order valence-electron chi connectivity index (χ4n) is 1.56. The monoisotopic (exact) mass is 295 g/mol. The summed E-state index contributed by atoms with van der Waals surface area (Å²) in [7, 11) is 0. The number of H-pyrrole nitrogens is 1. The Morgan fingerprint density at radius 3 is 2.90 bits per heavy atom. The molecule has 0 saturated heterocycles. The summed E-state index contributed by atoms with van der Waals surface area (Å²) in [6.07, 6.45) is 3.08. The number of thiazole rings is 1. The molecule has 9 heteroatoms. The Bertz CT molecular complexity index is 595. The van der Waals surface area contributed by atoms with E-state index in [0.29, 0.717) is 10.7 Å². The summed E-state index contributed by atoms with van der Waals surface area (Å²) in [4.78, 5) is 33.7. The highest BCUT2D eigenvalue weighted by Gasteiger charge is 2.22. The Morgan fingerprint density at radius 1 is 1.55 bits per heavy atom. The molecule has 2 aromatic heterocycles. The maximum absolute atomic E-state index is 11.9. The minimum atomic E-state index is -1.12. The van der Waals surface area contributed by atoms with Crippen molar-refractivity contribution in [3.05, 3.63) is 34.3 Å². The molecule has 20 heavy (non-hydrogen) atoms. The van der Waals surface area contributed by atoms with E-state index in [0.717, 1.165) is 0 Å². The summed E-state index contributed by atoms with van der Waals surface area (Å²) in [5.74, 6) is -1.66. The lowest BCUT2D eigenvalue weighted by atomic mass is 10.1. The number of hydrogen-bond acceptors (Lipinski definition) is 6. The largest absolute Gasteiger partial charge is 0.480 e. The molecule has 8 nitrogen and oxygen atoms in total. The number of carbonyl (C=O) groups excluding carboxylic acids is 1. The maximum atomic E-state index is 11.9. The highest BCUT2D eigenvalue weighted by atomic mass is 32.1. The van der Waals surface area contributed by atoms with Crippen LogP contribution in [0.1, 0.15) is 21.2 Å². The van der Waals surface area contributed by atoms with Gasteiger partial charge in [-0.05, 0) is 0 Å². The Hall–Kier alpha value is -2.26. The van der Waals surface area contributed by atoms with Crippen LogP contribution in [0.3, 0.4) is 0 Å². The number of carboxylic acids is 1. The summed E-state index contributed by atoms with van der Waals surface area (Å²) in [5.41, 5.74) is 6.21. The number of amides is 1. The average molecular weight is 295 g/mol. The van der Waals surface area contributed by atoms with Crippen LogP contribution < -0.4 is 11.1 Å². The number of carbonyl (C=O) groups is 2. The second kappa shape index (κ2) is 6.26. The molecule has 1 unspecified atom stereocenters. The number of nitrogens with zero attached hydrogens (tertiary/aromatic N) is 2. The van der Waals surface area contributed by atoms with Gasteiger partial charge in [0.25, 0.3) is 5.91 Å². The molecule has 2 heterocycles. The first kappa shape index (κ1) is 14.2. The van der Waals surface area contributed by atoms with Crippen LogP contribution in [0.5, 0.6) is 0 Å². The summed E-state index contributed by atoms with van der Waals surface area (Å²) in [6.45, 7) is 0.244. The van der Waals surface area contributed by atoms with Crippen molar-refractivity contribution in [2.75, 3.05) is 0 Å². The molecule has 0 fully saturated rings. The molecule has 0 aliphatic carbocycles. The van der Waals surface area contributed by atoms with Gasteiger partial charge in [0.1, 0.15) is 16.7 Å². The van der Waals surface area contributed by atoms with Crippen LogP contribution in [-0.2, 0) is 17.8 Å². The lowest BCUT2D eigenvalue weighted by Gasteiger charge is -2.12. The van der Waals surface area contributed by atoms with Gasteiger partial charge >= 0.3 is 5.97 Å². The smallest absolute Gasteiger partial charge is 0.326 e. The van der Waals surface area contributed by atoms with Crippen LogP contribution in [0, 0.1) is 0 Å². The minimum absolute atomic E-state index is 0.120. The average Bonchev–Trinajstić information content (AvgIpc) is 3.08. The normalized spacial score (nSPS) is 12.1. The second-order valence-electron chi connectivity index (χ2n) is 3.98. The molecule has 0 saturated carbocycles. The highest BCUT2D eigenvalue weighted by Crippen LogP contribution is 2.09. The van der Waals surface area contributed by atoms with Crippen molar-refractivity contribution in [2.24, 2.45) is 5.73 Å². The first-order valence-electron chi connectivity index (χ1n) is 5.75. The third-order valence-electron chi connectivity index (χ3n) is 2.54. The van der Waals surface area contributed by atoms with E-state index < -0.39 is 17.9 Å². The van der Waals surface area contributed by atoms with Crippen molar-refractivity contribution in [2.45, 2.75) is 19.0 Å². The lowest BCUT2D eigenvalue weighted by molar-refractivity contribution is -0.139. The molecular formula is C11H13N5O3S. The zero-order valence-corrected chi connectivity index (χ0v) is 11.2. The number of hydrogen-bond donors (Lipinski definition) is 4. The summed E-state index contributed by atoms with van der Waals surface area (Å²) in [5, 5.41) is 13.7. The van der Waals surface area contributed by atoms with E-state index in [1.165, 1.54) is 23.9 Å². The molecule has 106 valence electrons.